The molecule has 0 saturated heterocycles. The first-order valence-electron chi connectivity index (χ1n) is 4.57. The predicted octanol–water partition coefficient (Wildman–Crippen LogP) is 1.81. The average Bonchev–Trinajstić information content (AvgIpc) is 2.07. The Labute approximate surface area is 69.1 Å². The summed E-state index contributed by atoms with van der Waals surface area (Å²) >= 11 is 0. The molecule has 0 bridgehead atoms. The third kappa shape index (κ3) is 3.40. The topological polar surface area (TPSA) is 24.4 Å². The highest BCUT2D eigenvalue weighted by Gasteiger charge is 2.11. The van der Waals surface area contributed by atoms with Gasteiger partial charge in [0.05, 0.1) is 6.34 Å². The molecule has 0 aromatic carbocycles. The minimum atomic E-state index is 0.904. The van der Waals surface area contributed by atoms with E-state index in [9.17, 15) is 0 Å². The van der Waals surface area contributed by atoms with E-state index in [4.69, 9.17) is 0 Å². The van der Waals surface area contributed by atoms with Crippen LogP contribution >= 0.6 is 0 Å². The van der Waals surface area contributed by atoms with Gasteiger partial charge in [-0.3, -0.25) is 4.99 Å². The highest BCUT2D eigenvalue weighted by molar-refractivity contribution is 5.53. The van der Waals surface area contributed by atoms with Crippen LogP contribution in [0.15, 0.2) is 4.99 Å². The van der Waals surface area contributed by atoms with Crippen molar-refractivity contribution in [1.29, 1.82) is 0 Å². The van der Waals surface area contributed by atoms with Gasteiger partial charge in [-0.2, -0.15) is 0 Å². The van der Waals surface area contributed by atoms with E-state index in [0.29, 0.717) is 0 Å². The number of rotatable bonds is 3. The van der Waals surface area contributed by atoms with Crippen molar-refractivity contribution in [3.8, 4) is 0 Å². The smallest absolute Gasteiger partial charge is 0.0820 e. The molecule has 0 atom stereocenters. The predicted molar refractivity (Wildman–Crippen MR) is 49.0 cm³/mol. The molecule has 2 heteroatoms. The van der Waals surface area contributed by atoms with Crippen LogP contribution < -0.4 is 5.32 Å². The summed E-state index contributed by atoms with van der Waals surface area (Å²) in [6.07, 6.45) is 8.91. The van der Waals surface area contributed by atoms with Gasteiger partial charge in [0.1, 0.15) is 0 Å². The molecule has 0 unspecified atom stereocenters. The van der Waals surface area contributed by atoms with Crippen LogP contribution in [-0.2, 0) is 0 Å². The first kappa shape index (κ1) is 8.57. The maximum absolute atomic E-state index is 3.88. The summed E-state index contributed by atoms with van der Waals surface area (Å²) in [5.74, 6) is 0.904. The maximum Gasteiger partial charge on any atom is 0.0820 e. The van der Waals surface area contributed by atoms with E-state index in [0.717, 1.165) is 12.5 Å². The van der Waals surface area contributed by atoms with E-state index >= 15 is 0 Å². The van der Waals surface area contributed by atoms with Crippen LogP contribution in [0.4, 0.5) is 0 Å². The molecule has 1 fully saturated rings. The fraction of sp³-hybridized carbons (Fsp3) is 0.889. The Morgan fingerprint density at radius 2 is 2.09 bits per heavy atom. The summed E-state index contributed by atoms with van der Waals surface area (Å²) in [5, 5.41) is 3.21. The van der Waals surface area contributed by atoms with E-state index < -0.39 is 0 Å². The van der Waals surface area contributed by atoms with Crippen LogP contribution in [0, 0.1) is 5.92 Å². The lowest BCUT2D eigenvalue weighted by molar-refractivity contribution is 0.357. The van der Waals surface area contributed by atoms with Gasteiger partial charge in [-0.15, -0.1) is 0 Å². The number of nitrogens with one attached hydrogen (secondary N) is 1. The standard InChI is InChI=1S/C9H18N2/c1-10-8-11-7-9-5-3-2-4-6-9/h8-9H,2-7H2,1H3,(H,10,11). The van der Waals surface area contributed by atoms with Gasteiger partial charge in [-0.05, 0) is 18.8 Å². The molecular formula is C9H18N2. The van der Waals surface area contributed by atoms with Crippen LogP contribution in [0.5, 0.6) is 0 Å². The van der Waals surface area contributed by atoms with E-state index in [2.05, 4.69) is 10.3 Å². The number of nitrogens with zero attached hydrogens (tertiary/aromatic N) is 1. The number of hydrogen-bond acceptors (Lipinski definition) is 1. The maximum atomic E-state index is 3.88. The molecule has 0 heterocycles. The van der Waals surface area contributed by atoms with Crippen molar-refractivity contribution in [2.24, 2.45) is 10.9 Å². The van der Waals surface area contributed by atoms with Crippen LogP contribution in [0.1, 0.15) is 32.1 Å². The third-order valence-corrected chi connectivity index (χ3v) is 2.35. The van der Waals surface area contributed by atoms with Gasteiger partial charge in [-0.1, -0.05) is 19.3 Å². The minimum absolute atomic E-state index is 0.904. The molecule has 2 nitrogen and oxygen atoms in total. The Morgan fingerprint density at radius 3 is 2.73 bits per heavy atom. The Hall–Kier alpha value is -0.530. The average molecular weight is 154 g/mol. The fourth-order valence-electron chi connectivity index (χ4n) is 1.70. The Balaban J connectivity index is 2.04. The molecule has 1 N–H and O–H groups in total. The molecule has 1 aliphatic rings. The fourth-order valence-corrected chi connectivity index (χ4v) is 1.70. The van der Waals surface area contributed by atoms with Crippen LogP contribution in [0.2, 0.25) is 0 Å². The van der Waals surface area contributed by atoms with Crippen molar-refractivity contribution in [3.05, 3.63) is 0 Å². The van der Waals surface area contributed by atoms with Gasteiger partial charge in [0.2, 0.25) is 0 Å². The van der Waals surface area contributed by atoms with Gasteiger partial charge in [0.25, 0.3) is 0 Å². The van der Waals surface area contributed by atoms with Gasteiger partial charge in [0.15, 0.2) is 0 Å². The molecule has 0 radical (unpaired) electrons. The van der Waals surface area contributed by atoms with Gasteiger partial charge >= 0.3 is 0 Å². The molecule has 0 aromatic rings. The SMILES string of the molecule is CN=CNCC1CCCCC1. The second kappa shape index (κ2) is 5.16. The monoisotopic (exact) mass is 154 g/mol. The highest BCUT2D eigenvalue weighted by atomic mass is 14.9. The summed E-state index contributed by atoms with van der Waals surface area (Å²) in [4.78, 5) is 3.88. The number of hydrogen-bond donors (Lipinski definition) is 1. The molecule has 0 aromatic heterocycles. The largest absolute Gasteiger partial charge is 0.376 e. The van der Waals surface area contributed by atoms with Crippen LogP contribution in [0.3, 0.4) is 0 Å². The Bertz CT molecular complexity index is 115. The lowest BCUT2D eigenvalue weighted by Crippen LogP contribution is -2.23. The zero-order valence-corrected chi connectivity index (χ0v) is 7.34. The highest BCUT2D eigenvalue weighted by Crippen LogP contribution is 2.22. The normalized spacial score (nSPS) is 20.8. The van der Waals surface area contributed by atoms with E-state index in [1.807, 2.05) is 0 Å². The molecule has 0 aliphatic heterocycles. The van der Waals surface area contributed by atoms with Crippen molar-refractivity contribution >= 4 is 6.34 Å². The van der Waals surface area contributed by atoms with Gasteiger partial charge in [0, 0.05) is 13.6 Å². The summed E-state index contributed by atoms with van der Waals surface area (Å²) in [6, 6.07) is 0. The molecular weight excluding hydrogens is 136 g/mol. The van der Waals surface area contributed by atoms with Crippen molar-refractivity contribution in [2.45, 2.75) is 32.1 Å². The molecule has 11 heavy (non-hydrogen) atoms. The molecule has 1 rings (SSSR count). The summed E-state index contributed by atoms with van der Waals surface area (Å²) < 4.78 is 0. The van der Waals surface area contributed by atoms with Gasteiger partial charge in [-0.25, -0.2) is 0 Å². The lowest BCUT2D eigenvalue weighted by atomic mass is 9.89. The molecule has 64 valence electrons. The minimum Gasteiger partial charge on any atom is -0.376 e. The van der Waals surface area contributed by atoms with Crippen LogP contribution in [0.25, 0.3) is 0 Å². The van der Waals surface area contributed by atoms with Crippen molar-refractivity contribution in [2.75, 3.05) is 13.6 Å². The zero-order chi connectivity index (χ0) is 7.94. The summed E-state index contributed by atoms with van der Waals surface area (Å²) in [7, 11) is 1.80. The summed E-state index contributed by atoms with van der Waals surface area (Å²) in [6.45, 7) is 1.12. The first-order valence-corrected chi connectivity index (χ1v) is 4.57. The first-order chi connectivity index (χ1) is 5.43. The van der Waals surface area contributed by atoms with Crippen LogP contribution in [-0.4, -0.2) is 19.9 Å². The van der Waals surface area contributed by atoms with Gasteiger partial charge < -0.3 is 5.32 Å². The Morgan fingerprint density at radius 1 is 1.36 bits per heavy atom. The molecule has 1 aliphatic carbocycles. The van der Waals surface area contributed by atoms with Crippen molar-refractivity contribution in [3.63, 3.8) is 0 Å². The summed E-state index contributed by atoms with van der Waals surface area (Å²) in [5.41, 5.74) is 0. The molecule has 0 amide bonds. The second-order valence-corrected chi connectivity index (χ2v) is 3.30. The van der Waals surface area contributed by atoms with E-state index in [1.165, 1.54) is 32.1 Å². The van der Waals surface area contributed by atoms with E-state index in [-0.39, 0.29) is 0 Å². The Kier molecular flexibility index (Phi) is 4.02. The third-order valence-electron chi connectivity index (χ3n) is 2.35. The molecule has 1 saturated carbocycles. The second-order valence-electron chi connectivity index (χ2n) is 3.30. The lowest BCUT2D eigenvalue weighted by Gasteiger charge is -2.20. The van der Waals surface area contributed by atoms with Crippen molar-refractivity contribution in [1.82, 2.24) is 5.32 Å². The molecule has 0 spiro atoms. The zero-order valence-electron chi connectivity index (χ0n) is 7.34. The quantitative estimate of drug-likeness (QED) is 0.486. The number of aliphatic imine (C=N–C) groups is 1. The van der Waals surface area contributed by atoms with Crippen molar-refractivity contribution < 1.29 is 0 Å². The van der Waals surface area contributed by atoms with E-state index in [1.54, 1.807) is 13.4 Å².